The van der Waals surface area contributed by atoms with E-state index in [0.29, 0.717) is 0 Å². The van der Waals surface area contributed by atoms with Crippen LogP contribution in [0.4, 0.5) is 4.79 Å². The van der Waals surface area contributed by atoms with E-state index in [0.717, 1.165) is 4.90 Å². The predicted molar refractivity (Wildman–Crippen MR) is 46.0 cm³/mol. The molecule has 5 nitrogen and oxygen atoms in total. The molecule has 0 spiro atoms. The number of imide groups is 1. The molecule has 0 aromatic heterocycles. The van der Waals surface area contributed by atoms with E-state index in [1.54, 1.807) is 20.8 Å². The molecule has 1 fully saturated rings. The molecule has 1 heterocycles. The summed E-state index contributed by atoms with van der Waals surface area (Å²) < 4.78 is 0. The normalized spacial score (nSPS) is 23.7. The Hall–Kier alpha value is -1.10. The zero-order valence-corrected chi connectivity index (χ0v) is 8.00. The van der Waals surface area contributed by atoms with Gasteiger partial charge in [0.05, 0.1) is 12.1 Å². The molecule has 0 saturated carbocycles. The number of nitrogens with zero attached hydrogens (tertiary/aromatic N) is 1. The van der Waals surface area contributed by atoms with Gasteiger partial charge in [-0.25, -0.2) is 4.79 Å². The van der Waals surface area contributed by atoms with Crippen LogP contribution in [0.3, 0.4) is 0 Å². The van der Waals surface area contributed by atoms with E-state index >= 15 is 0 Å². The van der Waals surface area contributed by atoms with Gasteiger partial charge in [0.2, 0.25) is 0 Å². The van der Waals surface area contributed by atoms with Gasteiger partial charge in [-0.3, -0.25) is 9.69 Å². The fourth-order valence-electron chi connectivity index (χ4n) is 1.20. The first-order valence-corrected chi connectivity index (χ1v) is 4.15. The number of amides is 3. The Labute approximate surface area is 76.7 Å². The summed E-state index contributed by atoms with van der Waals surface area (Å²) in [5.74, 6) is -0.285. The van der Waals surface area contributed by atoms with Gasteiger partial charge >= 0.3 is 6.03 Å². The van der Waals surface area contributed by atoms with Crippen LogP contribution in [0, 0.1) is 0 Å². The monoisotopic (exact) mass is 186 g/mol. The van der Waals surface area contributed by atoms with Crippen LogP contribution < -0.4 is 5.32 Å². The Kier molecular flexibility index (Phi) is 2.30. The van der Waals surface area contributed by atoms with Crippen LogP contribution in [-0.2, 0) is 4.79 Å². The van der Waals surface area contributed by atoms with E-state index in [1.807, 2.05) is 0 Å². The second-order valence-electron chi connectivity index (χ2n) is 3.91. The van der Waals surface area contributed by atoms with Gasteiger partial charge in [0.15, 0.2) is 0 Å². The van der Waals surface area contributed by atoms with Crippen molar-refractivity contribution in [3.63, 3.8) is 0 Å². The fourth-order valence-corrected chi connectivity index (χ4v) is 1.20. The van der Waals surface area contributed by atoms with Crippen LogP contribution in [0.1, 0.15) is 20.8 Å². The van der Waals surface area contributed by atoms with Crippen LogP contribution in [0.2, 0.25) is 0 Å². The molecule has 0 radical (unpaired) electrons. The SMILES string of the molecule is C[C@H]1NC(=O)N(CC(C)(C)O)C1=O. The average Bonchev–Trinajstić information content (AvgIpc) is 2.14. The predicted octanol–water partition coefficient (Wildman–Crippen LogP) is -0.302. The Morgan fingerprint density at radius 3 is 2.38 bits per heavy atom. The molecule has 0 unspecified atom stereocenters. The molecule has 1 saturated heterocycles. The summed E-state index contributed by atoms with van der Waals surface area (Å²) in [5, 5.41) is 11.9. The molecule has 1 atom stereocenters. The number of hydrogen-bond acceptors (Lipinski definition) is 3. The number of rotatable bonds is 2. The minimum Gasteiger partial charge on any atom is -0.389 e. The summed E-state index contributed by atoms with van der Waals surface area (Å²) >= 11 is 0. The van der Waals surface area contributed by atoms with Crippen LogP contribution in [0.5, 0.6) is 0 Å². The molecule has 0 bridgehead atoms. The van der Waals surface area contributed by atoms with Crippen molar-refractivity contribution in [3.8, 4) is 0 Å². The number of carbonyl (C=O) groups is 2. The molecule has 2 N–H and O–H groups in total. The minimum absolute atomic E-state index is 0.0298. The molecule has 0 aliphatic carbocycles. The van der Waals surface area contributed by atoms with Gasteiger partial charge in [0.25, 0.3) is 5.91 Å². The van der Waals surface area contributed by atoms with E-state index in [1.165, 1.54) is 0 Å². The second kappa shape index (κ2) is 2.99. The molecule has 1 rings (SSSR count). The maximum atomic E-state index is 11.3. The maximum Gasteiger partial charge on any atom is 0.324 e. The summed E-state index contributed by atoms with van der Waals surface area (Å²) in [5.41, 5.74) is -1.04. The van der Waals surface area contributed by atoms with Crippen molar-refractivity contribution in [2.24, 2.45) is 0 Å². The third-order valence-corrected chi connectivity index (χ3v) is 1.77. The van der Waals surface area contributed by atoms with Crippen molar-refractivity contribution in [1.82, 2.24) is 10.2 Å². The lowest BCUT2D eigenvalue weighted by Gasteiger charge is -2.22. The van der Waals surface area contributed by atoms with Crippen molar-refractivity contribution < 1.29 is 14.7 Å². The van der Waals surface area contributed by atoms with Gasteiger partial charge in [-0.15, -0.1) is 0 Å². The van der Waals surface area contributed by atoms with Crippen molar-refractivity contribution in [1.29, 1.82) is 0 Å². The molecule has 1 aliphatic heterocycles. The summed E-state index contributed by atoms with van der Waals surface area (Å²) in [6, 6.07) is -0.908. The highest BCUT2D eigenvalue weighted by Crippen LogP contribution is 2.11. The highest BCUT2D eigenvalue weighted by atomic mass is 16.3. The summed E-state index contributed by atoms with van der Waals surface area (Å²) in [4.78, 5) is 23.5. The lowest BCUT2D eigenvalue weighted by molar-refractivity contribution is -0.129. The van der Waals surface area contributed by atoms with Crippen LogP contribution in [0.25, 0.3) is 0 Å². The molecule has 3 amide bonds. The first-order valence-electron chi connectivity index (χ1n) is 4.15. The Bertz CT molecular complexity index is 244. The molecular weight excluding hydrogens is 172 g/mol. The molecule has 0 aromatic carbocycles. The lowest BCUT2D eigenvalue weighted by atomic mass is 10.1. The largest absolute Gasteiger partial charge is 0.389 e. The Morgan fingerprint density at radius 1 is 1.54 bits per heavy atom. The zero-order chi connectivity index (χ0) is 10.2. The van der Waals surface area contributed by atoms with Gasteiger partial charge in [-0.2, -0.15) is 0 Å². The van der Waals surface area contributed by atoms with Gasteiger partial charge in [-0.05, 0) is 20.8 Å². The zero-order valence-electron chi connectivity index (χ0n) is 8.00. The van der Waals surface area contributed by atoms with E-state index < -0.39 is 17.7 Å². The standard InChI is InChI=1S/C8H14N2O3/c1-5-6(11)10(7(12)9-5)4-8(2,3)13/h5,13H,4H2,1-3H3,(H,9,12)/t5-/m1/s1. The fraction of sp³-hybridized carbons (Fsp3) is 0.750. The van der Waals surface area contributed by atoms with Crippen LogP contribution >= 0.6 is 0 Å². The summed E-state index contributed by atoms with van der Waals surface area (Å²) in [6.45, 7) is 4.75. The van der Waals surface area contributed by atoms with E-state index in [2.05, 4.69) is 5.32 Å². The Morgan fingerprint density at radius 2 is 2.08 bits per heavy atom. The number of aliphatic hydroxyl groups is 1. The summed E-state index contributed by atoms with van der Waals surface area (Å²) in [6.07, 6.45) is 0. The summed E-state index contributed by atoms with van der Waals surface area (Å²) in [7, 11) is 0. The number of urea groups is 1. The van der Waals surface area contributed by atoms with Crippen LogP contribution in [-0.4, -0.2) is 40.1 Å². The second-order valence-corrected chi connectivity index (χ2v) is 3.91. The first kappa shape index (κ1) is 9.98. The van der Waals surface area contributed by atoms with Crippen molar-refractivity contribution in [3.05, 3.63) is 0 Å². The van der Waals surface area contributed by atoms with Gasteiger partial charge in [-0.1, -0.05) is 0 Å². The first-order chi connectivity index (χ1) is 5.81. The van der Waals surface area contributed by atoms with Crippen LogP contribution in [0.15, 0.2) is 0 Å². The number of carbonyl (C=O) groups excluding carboxylic acids is 2. The topological polar surface area (TPSA) is 69.6 Å². The van der Waals surface area contributed by atoms with Crippen molar-refractivity contribution in [2.75, 3.05) is 6.54 Å². The highest BCUT2D eigenvalue weighted by molar-refractivity contribution is 6.03. The molecular formula is C8H14N2O3. The van der Waals surface area contributed by atoms with E-state index in [4.69, 9.17) is 0 Å². The quantitative estimate of drug-likeness (QED) is 0.581. The molecule has 1 aliphatic rings. The number of β-amino-alcohol motifs (C(OH)–C–C–N with tert-alkyl or cyclic N) is 1. The highest BCUT2D eigenvalue weighted by Gasteiger charge is 2.37. The molecule has 5 heteroatoms. The number of hydrogen-bond donors (Lipinski definition) is 2. The third kappa shape index (κ3) is 2.18. The maximum absolute atomic E-state index is 11.3. The van der Waals surface area contributed by atoms with E-state index in [-0.39, 0.29) is 12.5 Å². The smallest absolute Gasteiger partial charge is 0.324 e. The van der Waals surface area contributed by atoms with Gasteiger partial charge in [0.1, 0.15) is 6.04 Å². The molecule has 13 heavy (non-hydrogen) atoms. The van der Waals surface area contributed by atoms with Gasteiger partial charge < -0.3 is 10.4 Å². The Balaban J connectivity index is 2.70. The minimum atomic E-state index is -1.04. The van der Waals surface area contributed by atoms with Crippen molar-refractivity contribution in [2.45, 2.75) is 32.4 Å². The lowest BCUT2D eigenvalue weighted by Crippen LogP contribution is -2.42. The molecule has 0 aromatic rings. The molecule has 74 valence electrons. The van der Waals surface area contributed by atoms with Crippen molar-refractivity contribution >= 4 is 11.9 Å². The van der Waals surface area contributed by atoms with Gasteiger partial charge in [0, 0.05) is 0 Å². The average molecular weight is 186 g/mol. The van der Waals surface area contributed by atoms with E-state index in [9.17, 15) is 14.7 Å². The third-order valence-electron chi connectivity index (χ3n) is 1.77. The number of nitrogens with one attached hydrogen (secondary N) is 1.